The first-order valence-corrected chi connectivity index (χ1v) is 11.3. The van der Waals surface area contributed by atoms with Gasteiger partial charge in [-0.1, -0.05) is 47.6 Å². The van der Waals surface area contributed by atoms with Crippen molar-refractivity contribution in [3.05, 3.63) is 93.8 Å². The number of anilines is 1. The van der Waals surface area contributed by atoms with Gasteiger partial charge in [-0.05, 0) is 36.4 Å². The molecule has 11 heteroatoms. The Morgan fingerprint density at radius 2 is 1.76 bits per heavy atom. The molecule has 0 fully saturated rings. The van der Waals surface area contributed by atoms with Gasteiger partial charge in [0.2, 0.25) is 5.91 Å². The van der Waals surface area contributed by atoms with Crippen molar-refractivity contribution in [2.75, 3.05) is 17.7 Å². The lowest BCUT2D eigenvalue weighted by atomic mass is 10.2. The number of amides is 1. The van der Waals surface area contributed by atoms with Crippen LogP contribution in [-0.4, -0.2) is 38.4 Å². The second-order valence-corrected chi connectivity index (χ2v) is 8.44. The zero-order valence-electron chi connectivity index (χ0n) is 17.8. The summed E-state index contributed by atoms with van der Waals surface area (Å²) in [6.45, 7) is 0. The zero-order chi connectivity index (χ0) is 24.2. The number of hydrogen-bond acceptors (Lipinski definition) is 6. The lowest BCUT2D eigenvalue weighted by Crippen LogP contribution is -2.28. The summed E-state index contributed by atoms with van der Waals surface area (Å²) < 4.78 is 16.3. The first-order valence-electron chi connectivity index (χ1n) is 9.96. The van der Waals surface area contributed by atoms with Crippen molar-refractivity contribution in [3.8, 4) is 17.1 Å². The highest BCUT2D eigenvalue weighted by Crippen LogP contribution is 2.33. The largest absolute Gasteiger partial charge is 0.315 e. The van der Waals surface area contributed by atoms with Crippen LogP contribution in [-0.2, 0) is 4.79 Å². The maximum absolute atomic E-state index is 14.7. The Hall–Kier alpha value is -3.76. The van der Waals surface area contributed by atoms with E-state index in [4.69, 9.17) is 11.6 Å². The van der Waals surface area contributed by atoms with Gasteiger partial charge in [0, 0.05) is 30.4 Å². The molecule has 34 heavy (non-hydrogen) atoms. The molecule has 0 N–H and O–H groups in total. The van der Waals surface area contributed by atoms with Gasteiger partial charge in [0.1, 0.15) is 5.82 Å². The maximum atomic E-state index is 14.7. The van der Waals surface area contributed by atoms with Gasteiger partial charge in [0.05, 0.1) is 21.4 Å². The predicted molar refractivity (Wildman–Crippen MR) is 129 cm³/mol. The van der Waals surface area contributed by atoms with E-state index in [1.165, 1.54) is 39.8 Å². The second-order valence-electron chi connectivity index (χ2n) is 7.09. The molecule has 3 aromatic carbocycles. The van der Waals surface area contributed by atoms with E-state index in [0.29, 0.717) is 27.3 Å². The van der Waals surface area contributed by atoms with Crippen LogP contribution < -0.4 is 4.90 Å². The number of hydrogen-bond donors (Lipinski definition) is 0. The van der Waals surface area contributed by atoms with Crippen LogP contribution in [0.15, 0.2) is 78.0 Å². The molecule has 0 atom stereocenters. The summed E-state index contributed by atoms with van der Waals surface area (Å²) in [4.78, 5) is 24.5. The van der Waals surface area contributed by atoms with Crippen molar-refractivity contribution < 1.29 is 14.1 Å². The Morgan fingerprint density at radius 1 is 1.09 bits per heavy atom. The molecule has 0 aliphatic rings. The fraction of sp³-hybridized carbons (Fsp3) is 0.0870. The molecule has 0 radical (unpaired) electrons. The SMILES string of the molecule is CN(C(=O)CSc1nnc(-c2ccccc2Cl)n1-c1ccccc1F)c1ccc([N+](=O)[O-])cc1. The molecule has 1 heterocycles. The van der Waals surface area contributed by atoms with Crippen LogP contribution in [0.25, 0.3) is 17.1 Å². The first-order chi connectivity index (χ1) is 16.4. The van der Waals surface area contributed by atoms with Crippen LogP contribution in [0, 0.1) is 15.9 Å². The fourth-order valence-corrected chi connectivity index (χ4v) is 4.27. The van der Waals surface area contributed by atoms with Crippen molar-refractivity contribution >= 4 is 40.6 Å². The molecule has 1 aromatic heterocycles. The van der Waals surface area contributed by atoms with Gasteiger partial charge in [-0.2, -0.15) is 0 Å². The molecule has 0 spiro atoms. The molecule has 4 rings (SSSR count). The molecule has 172 valence electrons. The first kappa shape index (κ1) is 23.4. The van der Waals surface area contributed by atoms with Crippen LogP contribution >= 0.6 is 23.4 Å². The van der Waals surface area contributed by atoms with E-state index in [1.54, 1.807) is 49.5 Å². The third-order valence-corrected chi connectivity index (χ3v) is 6.23. The molecule has 8 nitrogen and oxygen atoms in total. The van der Waals surface area contributed by atoms with E-state index in [0.717, 1.165) is 11.8 Å². The molecular formula is C23H17ClFN5O3S. The average molecular weight is 498 g/mol. The number of nitrogens with zero attached hydrogens (tertiary/aromatic N) is 5. The molecule has 0 saturated carbocycles. The van der Waals surface area contributed by atoms with E-state index in [-0.39, 0.29) is 23.0 Å². The van der Waals surface area contributed by atoms with Gasteiger partial charge < -0.3 is 4.90 Å². The monoisotopic (exact) mass is 497 g/mol. The van der Waals surface area contributed by atoms with Crippen molar-refractivity contribution in [2.45, 2.75) is 5.16 Å². The highest BCUT2D eigenvalue weighted by atomic mass is 35.5. The van der Waals surface area contributed by atoms with Crippen molar-refractivity contribution in [3.63, 3.8) is 0 Å². The number of nitro benzene ring substituents is 1. The quantitative estimate of drug-likeness (QED) is 0.193. The summed E-state index contributed by atoms with van der Waals surface area (Å²) >= 11 is 7.44. The molecule has 1 amide bonds. The Kier molecular flexibility index (Phi) is 6.90. The normalized spacial score (nSPS) is 10.8. The number of thioether (sulfide) groups is 1. The van der Waals surface area contributed by atoms with Gasteiger partial charge in [0.25, 0.3) is 5.69 Å². The highest BCUT2D eigenvalue weighted by molar-refractivity contribution is 7.99. The summed E-state index contributed by atoms with van der Waals surface area (Å²) in [5.74, 6) is -0.440. The minimum absolute atomic E-state index is 0.0252. The van der Waals surface area contributed by atoms with Crippen LogP contribution in [0.5, 0.6) is 0 Å². The number of non-ortho nitro benzene ring substituents is 1. The van der Waals surface area contributed by atoms with Crippen molar-refractivity contribution in [1.29, 1.82) is 0 Å². The average Bonchev–Trinajstić information content (AvgIpc) is 3.26. The summed E-state index contributed by atoms with van der Waals surface area (Å²) in [6, 6.07) is 18.9. The van der Waals surface area contributed by atoms with E-state index in [2.05, 4.69) is 10.2 Å². The predicted octanol–water partition coefficient (Wildman–Crippen LogP) is 5.39. The standard InChI is InChI=1S/C23H17ClFN5O3S/c1-28(15-10-12-16(13-11-15)30(32)33)21(31)14-34-23-27-26-22(17-6-2-3-7-18(17)24)29(23)20-9-5-4-8-19(20)25/h2-13H,14H2,1H3. The summed E-state index contributed by atoms with van der Waals surface area (Å²) in [5.41, 5.74) is 1.23. The van der Waals surface area contributed by atoms with Gasteiger partial charge >= 0.3 is 0 Å². The number of para-hydroxylation sites is 1. The molecule has 0 unspecified atom stereocenters. The number of halogens is 2. The van der Waals surface area contributed by atoms with Crippen molar-refractivity contribution in [1.82, 2.24) is 14.8 Å². The Balaban J connectivity index is 1.62. The minimum atomic E-state index is -0.506. The molecule has 0 aliphatic heterocycles. The zero-order valence-corrected chi connectivity index (χ0v) is 19.3. The molecule has 0 saturated heterocycles. The third-order valence-electron chi connectivity index (χ3n) is 4.99. The number of benzene rings is 3. The highest BCUT2D eigenvalue weighted by Gasteiger charge is 2.22. The van der Waals surface area contributed by atoms with Gasteiger partial charge in [-0.3, -0.25) is 19.5 Å². The third kappa shape index (κ3) is 4.78. The summed E-state index contributed by atoms with van der Waals surface area (Å²) in [6.07, 6.45) is 0. The number of carbonyl (C=O) groups is 1. The smallest absolute Gasteiger partial charge is 0.269 e. The number of carbonyl (C=O) groups excluding carboxylic acids is 1. The van der Waals surface area contributed by atoms with E-state index in [9.17, 15) is 19.3 Å². The van der Waals surface area contributed by atoms with Gasteiger partial charge in [-0.25, -0.2) is 4.39 Å². The molecule has 0 bridgehead atoms. The Bertz CT molecular complexity index is 1360. The van der Waals surface area contributed by atoms with Gasteiger partial charge in [-0.15, -0.1) is 10.2 Å². The van der Waals surface area contributed by atoms with Crippen LogP contribution in [0.4, 0.5) is 15.8 Å². The fourth-order valence-electron chi connectivity index (χ4n) is 3.20. The number of rotatable bonds is 7. The topological polar surface area (TPSA) is 94.2 Å². The second kappa shape index (κ2) is 10.0. The summed E-state index contributed by atoms with van der Waals surface area (Å²) in [7, 11) is 1.57. The maximum Gasteiger partial charge on any atom is 0.269 e. The number of aromatic nitrogens is 3. The lowest BCUT2D eigenvalue weighted by molar-refractivity contribution is -0.384. The van der Waals surface area contributed by atoms with Crippen LogP contribution in [0.2, 0.25) is 5.02 Å². The van der Waals surface area contributed by atoms with Crippen LogP contribution in [0.1, 0.15) is 0 Å². The van der Waals surface area contributed by atoms with Crippen molar-refractivity contribution in [2.24, 2.45) is 0 Å². The number of nitro groups is 1. The summed E-state index contributed by atoms with van der Waals surface area (Å²) in [5, 5.41) is 20.0. The lowest BCUT2D eigenvalue weighted by Gasteiger charge is -2.17. The molecular weight excluding hydrogens is 481 g/mol. The Labute approximate surface area is 203 Å². The Morgan fingerprint density at radius 3 is 2.44 bits per heavy atom. The van der Waals surface area contributed by atoms with E-state index < -0.39 is 10.7 Å². The van der Waals surface area contributed by atoms with Crippen LogP contribution in [0.3, 0.4) is 0 Å². The minimum Gasteiger partial charge on any atom is -0.315 e. The van der Waals surface area contributed by atoms with E-state index in [1.807, 2.05) is 0 Å². The van der Waals surface area contributed by atoms with E-state index >= 15 is 0 Å². The molecule has 4 aromatic rings. The van der Waals surface area contributed by atoms with Gasteiger partial charge in [0.15, 0.2) is 11.0 Å². The molecule has 0 aliphatic carbocycles.